The van der Waals surface area contributed by atoms with E-state index in [9.17, 15) is 22.8 Å². The molecule has 0 aromatic heterocycles. The van der Waals surface area contributed by atoms with Crippen molar-refractivity contribution in [3.8, 4) is 0 Å². The van der Waals surface area contributed by atoms with Crippen molar-refractivity contribution in [3.05, 3.63) is 0 Å². The minimum atomic E-state index is -5.09. The van der Waals surface area contributed by atoms with Gasteiger partial charge in [-0.15, -0.1) is 0 Å². The Morgan fingerprint density at radius 2 is 1.94 bits per heavy atom. The number of nitrogens with zero attached hydrogens (tertiary/aromatic N) is 1. The zero-order valence-electron chi connectivity index (χ0n) is 8.74. The van der Waals surface area contributed by atoms with Crippen molar-refractivity contribution in [2.45, 2.75) is 19.1 Å². The highest BCUT2D eigenvalue weighted by molar-refractivity contribution is 5.85. The number of alkyl halides is 3. The van der Waals surface area contributed by atoms with Crippen LogP contribution in [0.3, 0.4) is 0 Å². The molecule has 1 atom stereocenters. The third kappa shape index (κ3) is 4.47. The number of hydrogen-bond acceptors (Lipinski definition) is 3. The molecule has 0 fully saturated rings. The van der Waals surface area contributed by atoms with Gasteiger partial charge in [0.2, 0.25) is 0 Å². The van der Waals surface area contributed by atoms with Crippen molar-refractivity contribution < 1.29 is 32.6 Å². The predicted octanol–water partition coefficient (Wildman–Crippen LogP) is 0.497. The van der Waals surface area contributed by atoms with Gasteiger partial charge in [-0.2, -0.15) is 13.2 Å². The van der Waals surface area contributed by atoms with E-state index in [0.717, 1.165) is 0 Å². The molecule has 0 aromatic carbocycles. The molecule has 0 aliphatic carbocycles. The highest BCUT2D eigenvalue weighted by Gasteiger charge is 2.44. The predicted molar refractivity (Wildman–Crippen MR) is 46.7 cm³/mol. The summed E-state index contributed by atoms with van der Waals surface area (Å²) >= 11 is 0. The number of carbonyl (C=O) groups is 2. The van der Waals surface area contributed by atoms with E-state index in [2.05, 4.69) is 4.74 Å². The van der Waals surface area contributed by atoms with Crippen LogP contribution in [-0.4, -0.2) is 54.4 Å². The average molecular weight is 243 g/mol. The molecular weight excluding hydrogens is 231 g/mol. The van der Waals surface area contributed by atoms with Crippen LogP contribution in [0.4, 0.5) is 13.2 Å². The maximum Gasteiger partial charge on any atom is 0.471 e. The minimum absolute atomic E-state index is 0.172. The lowest BCUT2D eigenvalue weighted by molar-refractivity contribution is -0.189. The fourth-order valence-electron chi connectivity index (χ4n) is 1.07. The van der Waals surface area contributed by atoms with E-state index in [1.165, 1.54) is 14.0 Å². The van der Waals surface area contributed by atoms with Crippen LogP contribution in [0.1, 0.15) is 6.92 Å². The van der Waals surface area contributed by atoms with E-state index in [0.29, 0.717) is 0 Å². The number of methoxy groups -OCH3 is 1. The first-order chi connectivity index (χ1) is 7.20. The zero-order chi connectivity index (χ0) is 12.9. The Hall–Kier alpha value is -1.31. The molecule has 0 bridgehead atoms. The van der Waals surface area contributed by atoms with Crippen molar-refractivity contribution in [3.63, 3.8) is 0 Å². The molecule has 0 radical (unpaired) electrons. The van der Waals surface area contributed by atoms with Gasteiger partial charge in [-0.05, 0) is 6.92 Å². The topological polar surface area (TPSA) is 66.8 Å². The number of carboxylic acid groups (broad SMARTS) is 1. The maximum atomic E-state index is 12.1. The van der Waals surface area contributed by atoms with E-state index in [-0.39, 0.29) is 11.5 Å². The number of carboxylic acids is 1. The minimum Gasteiger partial charge on any atom is -0.480 e. The van der Waals surface area contributed by atoms with Gasteiger partial charge in [-0.3, -0.25) is 9.59 Å². The Balaban J connectivity index is 4.79. The van der Waals surface area contributed by atoms with Gasteiger partial charge in [0, 0.05) is 7.11 Å². The van der Waals surface area contributed by atoms with Gasteiger partial charge in [0.05, 0.1) is 12.6 Å². The summed E-state index contributed by atoms with van der Waals surface area (Å²) < 4.78 is 41.0. The number of hydrogen-bond donors (Lipinski definition) is 1. The van der Waals surface area contributed by atoms with Crippen LogP contribution in [0.2, 0.25) is 0 Å². The Morgan fingerprint density at radius 3 is 2.25 bits per heavy atom. The molecule has 0 aliphatic rings. The normalized spacial score (nSPS) is 13.3. The van der Waals surface area contributed by atoms with Gasteiger partial charge < -0.3 is 14.7 Å². The summed E-state index contributed by atoms with van der Waals surface area (Å²) in [6, 6.07) is -0.963. The Morgan fingerprint density at radius 1 is 1.44 bits per heavy atom. The molecule has 1 N–H and O–H groups in total. The molecule has 1 unspecified atom stereocenters. The first-order valence-corrected chi connectivity index (χ1v) is 4.28. The smallest absolute Gasteiger partial charge is 0.471 e. The molecule has 16 heavy (non-hydrogen) atoms. The third-order valence-electron chi connectivity index (χ3n) is 1.75. The van der Waals surface area contributed by atoms with Crippen molar-refractivity contribution in [1.29, 1.82) is 0 Å². The lowest BCUT2D eigenvalue weighted by Gasteiger charge is -2.27. The van der Waals surface area contributed by atoms with Gasteiger partial charge in [0.1, 0.15) is 6.54 Å². The van der Waals surface area contributed by atoms with Crippen molar-refractivity contribution in [1.82, 2.24) is 4.90 Å². The van der Waals surface area contributed by atoms with Gasteiger partial charge in [0.25, 0.3) is 0 Å². The molecular formula is C8H12F3NO4. The fraction of sp³-hybridized carbons (Fsp3) is 0.750. The molecule has 0 aliphatic heterocycles. The number of aliphatic carboxylic acids is 1. The molecule has 0 saturated carbocycles. The summed E-state index contributed by atoms with van der Waals surface area (Å²) in [7, 11) is 1.24. The molecule has 0 rings (SSSR count). The van der Waals surface area contributed by atoms with Gasteiger partial charge >= 0.3 is 18.1 Å². The first kappa shape index (κ1) is 14.7. The highest BCUT2D eigenvalue weighted by Crippen LogP contribution is 2.19. The van der Waals surface area contributed by atoms with Gasteiger partial charge in [-0.25, -0.2) is 0 Å². The number of amides is 1. The lowest BCUT2D eigenvalue weighted by Crippen LogP contribution is -2.49. The molecule has 8 heteroatoms. The van der Waals surface area contributed by atoms with E-state index < -0.39 is 30.6 Å². The summed E-state index contributed by atoms with van der Waals surface area (Å²) in [5.41, 5.74) is 0. The SMILES string of the molecule is COCC(C)N(CC(=O)O)C(=O)C(F)(F)F. The molecule has 0 heterocycles. The number of halogens is 3. The lowest BCUT2D eigenvalue weighted by atomic mass is 10.3. The summed E-state index contributed by atoms with van der Waals surface area (Å²) in [6.07, 6.45) is -5.09. The summed E-state index contributed by atoms with van der Waals surface area (Å²) in [5, 5.41) is 8.41. The number of rotatable bonds is 5. The number of carbonyl (C=O) groups excluding carboxylic acids is 1. The van der Waals surface area contributed by atoms with Gasteiger partial charge in [-0.1, -0.05) is 0 Å². The van der Waals surface area contributed by atoms with Crippen LogP contribution >= 0.6 is 0 Å². The van der Waals surface area contributed by atoms with E-state index in [4.69, 9.17) is 5.11 Å². The second-order valence-electron chi connectivity index (χ2n) is 3.13. The molecule has 0 aromatic rings. The van der Waals surface area contributed by atoms with E-state index >= 15 is 0 Å². The molecule has 0 saturated heterocycles. The third-order valence-corrected chi connectivity index (χ3v) is 1.75. The summed E-state index contributed by atoms with van der Waals surface area (Å²) in [5.74, 6) is -3.69. The highest BCUT2D eigenvalue weighted by atomic mass is 19.4. The second-order valence-corrected chi connectivity index (χ2v) is 3.13. The average Bonchev–Trinajstić information content (AvgIpc) is 2.11. The quantitative estimate of drug-likeness (QED) is 0.763. The van der Waals surface area contributed by atoms with Crippen LogP contribution in [0.5, 0.6) is 0 Å². The van der Waals surface area contributed by atoms with Crippen molar-refractivity contribution >= 4 is 11.9 Å². The standard InChI is InChI=1S/C8H12F3NO4/c1-5(4-16-2)12(3-6(13)14)7(15)8(9,10)11/h5H,3-4H2,1-2H3,(H,13,14). The van der Waals surface area contributed by atoms with Crippen LogP contribution in [-0.2, 0) is 14.3 Å². The van der Waals surface area contributed by atoms with Crippen molar-refractivity contribution in [2.75, 3.05) is 20.3 Å². The van der Waals surface area contributed by atoms with Gasteiger partial charge in [0.15, 0.2) is 0 Å². The van der Waals surface area contributed by atoms with E-state index in [1.807, 2.05) is 0 Å². The van der Waals surface area contributed by atoms with Crippen molar-refractivity contribution in [2.24, 2.45) is 0 Å². The van der Waals surface area contributed by atoms with Crippen LogP contribution in [0, 0.1) is 0 Å². The molecule has 1 amide bonds. The fourth-order valence-corrected chi connectivity index (χ4v) is 1.07. The Bertz CT molecular complexity index is 266. The summed E-state index contributed by atoms with van der Waals surface area (Å²) in [4.78, 5) is 21.5. The Kier molecular flexibility index (Phi) is 5.22. The molecule has 94 valence electrons. The monoisotopic (exact) mass is 243 g/mol. The first-order valence-electron chi connectivity index (χ1n) is 4.28. The van der Waals surface area contributed by atoms with Crippen LogP contribution in [0.15, 0.2) is 0 Å². The molecule has 0 spiro atoms. The zero-order valence-corrected chi connectivity index (χ0v) is 8.74. The largest absolute Gasteiger partial charge is 0.480 e. The van der Waals surface area contributed by atoms with Crippen LogP contribution < -0.4 is 0 Å². The second kappa shape index (κ2) is 5.69. The summed E-state index contributed by atoms with van der Waals surface area (Å²) in [6.45, 7) is 0.0913. The number of ether oxygens (including phenoxy) is 1. The maximum absolute atomic E-state index is 12.1. The Labute approximate surface area is 89.8 Å². The molecule has 5 nitrogen and oxygen atoms in total. The van der Waals surface area contributed by atoms with E-state index in [1.54, 1.807) is 0 Å². The van der Waals surface area contributed by atoms with Crippen LogP contribution in [0.25, 0.3) is 0 Å².